The number of nitrogens with zero attached hydrogens (tertiary/aromatic N) is 1. The number of hydrogen-bond donors (Lipinski definition) is 1. The number of nitrogens with one attached hydrogen (secondary N) is 1. The summed E-state index contributed by atoms with van der Waals surface area (Å²) in [6.45, 7) is 0. The van der Waals surface area contributed by atoms with Crippen molar-refractivity contribution in [2.75, 3.05) is 5.32 Å². The number of aromatic nitrogens is 1. The average molecular weight is 332 g/mol. The number of rotatable bonds is 3. The van der Waals surface area contributed by atoms with E-state index in [-0.39, 0.29) is 17.5 Å². The summed E-state index contributed by atoms with van der Waals surface area (Å²) < 4.78 is 43.0. The first kappa shape index (κ1) is 15.8. The molecule has 0 unspecified atom stereocenters. The lowest BCUT2D eigenvalue weighted by atomic mass is 10.1. The Morgan fingerprint density at radius 3 is 2.00 bits per heavy atom. The van der Waals surface area contributed by atoms with Crippen LogP contribution in [0.25, 0.3) is 22.7 Å². The van der Waals surface area contributed by atoms with Crippen molar-refractivity contribution in [3.63, 3.8) is 0 Å². The second-order valence-electron chi connectivity index (χ2n) is 4.88. The van der Waals surface area contributed by atoms with E-state index < -0.39 is 12.1 Å². The van der Waals surface area contributed by atoms with Gasteiger partial charge in [-0.1, -0.05) is 48.5 Å². The van der Waals surface area contributed by atoms with Crippen LogP contribution in [0.2, 0.25) is 0 Å². The summed E-state index contributed by atoms with van der Waals surface area (Å²) in [5.41, 5.74) is 1.25. The molecule has 0 bridgehead atoms. The third-order valence-corrected chi connectivity index (χ3v) is 3.18. The predicted molar refractivity (Wildman–Crippen MR) is 82.1 cm³/mol. The van der Waals surface area contributed by atoms with Crippen LogP contribution in [0.4, 0.5) is 19.1 Å². The van der Waals surface area contributed by atoms with Gasteiger partial charge in [-0.2, -0.15) is 13.2 Å². The molecule has 4 nitrogen and oxygen atoms in total. The van der Waals surface area contributed by atoms with E-state index in [9.17, 15) is 18.0 Å². The van der Waals surface area contributed by atoms with Gasteiger partial charge in [-0.15, -0.1) is 0 Å². The number of halogens is 3. The molecule has 7 heteroatoms. The van der Waals surface area contributed by atoms with E-state index >= 15 is 0 Å². The topological polar surface area (TPSA) is 55.1 Å². The molecule has 2 aromatic carbocycles. The Morgan fingerprint density at radius 1 is 0.917 bits per heavy atom. The van der Waals surface area contributed by atoms with Gasteiger partial charge >= 0.3 is 12.1 Å². The molecule has 1 heterocycles. The van der Waals surface area contributed by atoms with Crippen molar-refractivity contribution in [3.05, 3.63) is 60.7 Å². The number of hydrogen-bond acceptors (Lipinski definition) is 3. The number of carbonyl (C=O) groups is 1. The van der Waals surface area contributed by atoms with E-state index in [1.54, 1.807) is 66.0 Å². The lowest BCUT2D eigenvalue weighted by molar-refractivity contribution is -0.167. The standard InChI is InChI=1S/C17H11F3N2O2/c18-17(19,20)16(23)22-15-13(11-7-3-1-4-8-11)21-14(24-15)12-9-5-2-6-10-12/h1-10H,(H,22,23). The molecule has 0 atom stereocenters. The van der Waals surface area contributed by atoms with E-state index in [1.165, 1.54) is 0 Å². The van der Waals surface area contributed by atoms with Gasteiger partial charge in [0.15, 0.2) is 0 Å². The number of benzene rings is 2. The van der Waals surface area contributed by atoms with Crippen LogP contribution in [-0.2, 0) is 4.79 Å². The summed E-state index contributed by atoms with van der Waals surface area (Å²) in [6, 6.07) is 17.2. The van der Waals surface area contributed by atoms with Gasteiger partial charge in [0.1, 0.15) is 5.69 Å². The molecule has 0 saturated carbocycles. The molecule has 0 aliphatic heterocycles. The van der Waals surface area contributed by atoms with Crippen molar-refractivity contribution in [3.8, 4) is 22.7 Å². The zero-order valence-electron chi connectivity index (χ0n) is 12.2. The SMILES string of the molecule is O=C(Nc1oc(-c2ccccc2)nc1-c1ccccc1)C(F)(F)F. The Bertz CT molecular complexity index is 843. The van der Waals surface area contributed by atoms with Crippen LogP contribution in [0.15, 0.2) is 65.1 Å². The zero-order chi connectivity index (χ0) is 17.2. The van der Waals surface area contributed by atoms with E-state index in [0.29, 0.717) is 11.1 Å². The Kier molecular flexibility index (Phi) is 4.07. The Balaban J connectivity index is 2.05. The second kappa shape index (κ2) is 6.19. The molecule has 0 saturated heterocycles. The van der Waals surface area contributed by atoms with Crippen molar-refractivity contribution < 1.29 is 22.4 Å². The Labute approximate surface area is 134 Å². The molecule has 0 fully saturated rings. The van der Waals surface area contributed by atoms with Crippen LogP contribution in [0.1, 0.15) is 0 Å². The van der Waals surface area contributed by atoms with Gasteiger partial charge in [0.05, 0.1) is 0 Å². The van der Waals surface area contributed by atoms with Gasteiger partial charge < -0.3 is 4.42 Å². The number of amides is 1. The van der Waals surface area contributed by atoms with Crippen molar-refractivity contribution in [1.82, 2.24) is 4.98 Å². The smallest absolute Gasteiger partial charge is 0.420 e. The fraction of sp³-hybridized carbons (Fsp3) is 0.0588. The first-order chi connectivity index (χ1) is 11.4. The summed E-state index contributed by atoms with van der Waals surface area (Å²) in [4.78, 5) is 15.5. The largest absolute Gasteiger partial charge is 0.471 e. The molecule has 0 aliphatic carbocycles. The van der Waals surface area contributed by atoms with E-state index in [0.717, 1.165) is 0 Å². The van der Waals surface area contributed by atoms with E-state index in [2.05, 4.69) is 4.98 Å². The molecule has 122 valence electrons. The molecule has 3 aromatic rings. The lowest BCUT2D eigenvalue weighted by Gasteiger charge is -2.06. The minimum absolute atomic E-state index is 0.118. The molecule has 0 aliphatic rings. The summed E-state index contributed by atoms with van der Waals surface area (Å²) in [5.74, 6) is -2.34. The maximum absolute atomic E-state index is 12.5. The molecule has 0 radical (unpaired) electrons. The first-order valence-corrected chi connectivity index (χ1v) is 6.95. The molecule has 1 amide bonds. The quantitative estimate of drug-likeness (QED) is 0.768. The summed E-state index contributed by atoms with van der Waals surface area (Å²) in [5, 5.41) is 1.75. The Hall–Kier alpha value is -3.09. The summed E-state index contributed by atoms with van der Waals surface area (Å²) in [6.07, 6.45) is -5.02. The van der Waals surface area contributed by atoms with Crippen molar-refractivity contribution in [2.24, 2.45) is 0 Å². The summed E-state index contributed by atoms with van der Waals surface area (Å²) in [7, 11) is 0. The number of alkyl halides is 3. The van der Waals surface area contributed by atoms with Gasteiger partial charge in [-0.05, 0) is 12.1 Å². The molecular weight excluding hydrogens is 321 g/mol. The van der Waals surface area contributed by atoms with Crippen LogP contribution in [0, 0.1) is 0 Å². The predicted octanol–water partition coefficient (Wildman–Crippen LogP) is 4.51. The van der Waals surface area contributed by atoms with Gasteiger partial charge in [-0.25, -0.2) is 4.98 Å². The Morgan fingerprint density at radius 2 is 1.46 bits per heavy atom. The highest BCUT2D eigenvalue weighted by atomic mass is 19.4. The molecule has 1 N–H and O–H groups in total. The highest BCUT2D eigenvalue weighted by Crippen LogP contribution is 2.33. The van der Waals surface area contributed by atoms with Crippen molar-refractivity contribution in [2.45, 2.75) is 6.18 Å². The molecular formula is C17H11F3N2O2. The van der Waals surface area contributed by atoms with Crippen molar-refractivity contribution in [1.29, 1.82) is 0 Å². The fourth-order valence-electron chi connectivity index (χ4n) is 2.07. The number of carbonyl (C=O) groups excluding carboxylic acids is 1. The van der Waals surface area contributed by atoms with Gasteiger partial charge in [0.25, 0.3) is 0 Å². The molecule has 3 rings (SSSR count). The normalized spacial score (nSPS) is 11.3. The second-order valence-corrected chi connectivity index (χ2v) is 4.88. The van der Waals surface area contributed by atoms with Crippen LogP contribution >= 0.6 is 0 Å². The molecule has 0 spiro atoms. The average Bonchev–Trinajstić information content (AvgIpc) is 2.99. The van der Waals surface area contributed by atoms with Crippen molar-refractivity contribution >= 4 is 11.8 Å². The van der Waals surface area contributed by atoms with Gasteiger partial charge in [0, 0.05) is 11.1 Å². The highest BCUT2D eigenvalue weighted by molar-refractivity contribution is 5.96. The maximum Gasteiger partial charge on any atom is 0.471 e. The molecule has 1 aromatic heterocycles. The maximum atomic E-state index is 12.5. The van der Waals surface area contributed by atoms with Crippen LogP contribution in [0.3, 0.4) is 0 Å². The van der Waals surface area contributed by atoms with E-state index in [4.69, 9.17) is 4.42 Å². The fourth-order valence-corrected chi connectivity index (χ4v) is 2.07. The van der Waals surface area contributed by atoms with Gasteiger partial charge in [-0.3, -0.25) is 10.1 Å². The minimum atomic E-state index is -5.02. The molecule has 24 heavy (non-hydrogen) atoms. The van der Waals surface area contributed by atoms with Crippen LogP contribution in [-0.4, -0.2) is 17.1 Å². The van der Waals surface area contributed by atoms with Crippen LogP contribution < -0.4 is 5.32 Å². The van der Waals surface area contributed by atoms with Crippen LogP contribution in [0.5, 0.6) is 0 Å². The lowest BCUT2D eigenvalue weighted by Crippen LogP contribution is -2.29. The third-order valence-electron chi connectivity index (χ3n) is 3.18. The summed E-state index contributed by atoms with van der Waals surface area (Å²) >= 11 is 0. The highest BCUT2D eigenvalue weighted by Gasteiger charge is 2.40. The van der Waals surface area contributed by atoms with Gasteiger partial charge in [0.2, 0.25) is 11.8 Å². The third kappa shape index (κ3) is 3.29. The number of oxazole rings is 1. The zero-order valence-corrected chi connectivity index (χ0v) is 12.2. The van der Waals surface area contributed by atoms with E-state index in [1.807, 2.05) is 0 Å². The minimum Gasteiger partial charge on any atom is -0.420 e. The first-order valence-electron chi connectivity index (χ1n) is 6.95. The monoisotopic (exact) mass is 332 g/mol. The number of anilines is 1.